The van der Waals surface area contributed by atoms with Crippen molar-refractivity contribution in [2.24, 2.45) is 0 Å². The lowest BCUT2D eigenvalue weighted by atomic mass is 10.1. The van der Waals surface area contributed by atoms with Gasteiger partial charge in [-0.1, -0.05) is 61.4 Å². The molecule has 0 amide bonds. The second kappa shape index (κ2) is 8.82. The molecule has 0 atom stereocenters. The molecular weight excluding hydrogens is 294 g/mol. The monoisotopic (exact) mass is 317 g/mol. The van der Waals surface area contributed by atoms with Crippen LogP contribution in [0.25, 0.3) is 0 Å². The Hall–Kier alpha value is -1.51. The van der Waals surface area contributed by atoms with Crippen molar-refractivity contribution >= 4 is 12.4 Å². The Morgan fingerprint density at radius 2 is 1.59 bits per heavy atom. The van der Waals surface area contributed by atoms with Crippen LogP contribution in [-0.4, -0.2) is 6.04 Å². The molecule has 0 aliphatic heterocycles. The van der Waals surface area contributed by atoms with Crippen molar-refractivity contribution in [2.45, 2.75) is 44.9 Å². The van der Waals surface area contributed by atoms with Crippen molar-refractivity contribution in [3.8, 4) is 5.75 Å². The molecule has 0 radical (unpaired) electrons. The third-order valence-corrected chi connectivity index (χ3v) is 4.15. The molecule has 1 aliphatic carbocycles. The quantitative estimate of drug-likeness (QED) is 0.832. The molecule has 0 saturated heterocycles. The van der Waals surface area contributed by atoms with E-state index in [0.717, 1.165) is 12.3 Å². The molecule has 0 aromatic heterocycles. The minimum absolute atomic E-state index is 0. The summed E-state index contributed by atoms with van der Waals surface area (Å²) in [6, 6.07) is 19.4. The average molecular weight is 318 g/mol. The standard InChI is InChI=1S/C19H23NO.ClH/c1-2-8-16(9-3-1)15-21-19-13-7-4-10-17(19)14-20-18-11-5-6-12-18;/h1-4,7-10,13,18,20H,5-6,11-12,14-15H2;1H. The number of nitrogens with one attached hydrogen (secondary N) is 1. The maximum atomic E-state index is 6.00. The summed E-state index contributed by atoms with van der Waals surface area (Å²) in [5.41, 5.74) is 2.45. The normalized spacial score (nSPS) is 14.5. The summed E-state index contributed by atoms with van der Waals surface area (Å²) in [5.74, 6) is 0.992. The van der Waals surface area contributed by atoms with Crippen molar-refractivity contribution in [2.75, 3.05) is 0 Å². The molecule has 1 fully saturated rings. The van der Waals surface area contributed by atoms with E-state index in [4.69, 9.17) is 4.74 Å². The Morgan fingerprint density at radius 1 is 0.909 bits per heavy atom. The average Bonchev–Trinajstić information content (AvgIpc) is 3.06. The Balaban J connectivity index is 0.00000176. The molecule has 1 N–H and O–H groups in total. The lowest BCUT2D eigenvalue weighted by Gasteiger charge is -2.15. The summed E-state index contributed by atoms with van der Waals surface area (Å²) in [5, 5.41) is 3.66. The van der Waals surface area contributed by atoms with Gasteiger partial charge in [-0.15, -0.1) is 12.4 Å². The van der Waals surface area contributed by atoms with E-state index in [1.165, 1.54) is 36.8 Å². The molecule has 0 unspecified atom stereocenters. The Morgan fingerprint density at radius 3 is 2.36 bits per heavy atom. The molecule has 0 heterocycles. The molecule has 0 spiro atoms. The number of rotatable bonds is 6. The summed E-state index contributed by atoms with van der Waals surface area (Å²) < 4.78 is 6.00. The Kier molecular flexibility index (Phi) is 6.75. The first-order chi connectivity index (χ1) is 10.4. The molecule has 3 heteroatoms. The number of hydrogen-bond donors (Lipinski definition) is 1. The van der Waals surface area contributed by atoms with E-state index in [2.05, 4.69) is 35.6 Å². The van der Waals surface area contributed by atoms with Gasteiger partial charge < -0.3 is 10.1 Å². The van der Waals surface area contributed by atoms with Crippen LogP contribution >= 0.6 is 12.4 Å². The zero-order valence-corrected chi connectivity index (χ0v) is 13.6. The van der Waals surface area contributed by atoms with Gasteiger partial charge in [-0.3, -0.25) is 0 Å². The molecule has 3 rings (SSSR count). The second-order valence-corrected chi connectivity index (χ2v) is 5.74. The smallest absolute Gasteiger partial charge is 0.124 e. The maximum Gasteiger partial charge on any atom is 0.124 e. The van der Waals surface area contributed by atoms with Gasteiger partial charge in [-0.25, -0.2) is 0 Å². The largest absolute Gasteiger partial charge is 0.489 e. The molecule has 1 aliphatic rings. The van der Waals surface area contributed by atoms with E-state index < -0.39 is 0 Å². The highest BCUT2D eigenvalue weighted by molar-refractivity contribution is 5.85. The number of benzene rings is 2. The van der Waals surface area contributed by atoms with Crippen molar-refractivity contribution in [3.05, 3.63) is 65.7 Å². The molecule has 118 valence electrons. The van der Waals surface area contributed by atoms with Crippen LogP contribution in [0.1, 0.15) is 36.8 Å². The van der Waals surface area contributed by atoms with Gasteiger partial charge in [-0.05, 0) is 24.5 Å². The van der Waals surface area contributed by atoms with E-state index in [1.54, 1.807) is 0 Å². The van der Waals surface area contributed by atoms with Crippen LogP contribution in [-0.2, 0) is 13.2 Å². The van der Waals surface area contributed by atoms with Gasteiger partial charge in [0.05, 0.1) is 0 Å². The lowest BCUT2D eigenvalue weighted by molar-refractivity contribution is 0.301. The van der Waals surface area contributed by atoms with Crippen LogP contribution in [0.2, 0.25) is 0 Å². The highest BCUT2D eigenvalue weighted by Gasteiger charge is 2.14. The predicted molar refractivity (Wildman–Crippen MR) is 93.6 cm³/mol. The van der Waals surface area contributed by atoms with Gasteiger partial charge in [0.15, 0.2) is 0 Å². The van der Waals surface area contributed by atoms with Crippen molar-refractivity contribution < 1.29 is 4.74 Å². The van der Waals surface area contributed by atoms with Gasteiger partial charge in [0.2, 0.25) is 0 Å². The van der Waals surface area contributed by atoms with Crippen LogP contribution in [0.3, 0.4) is 0 Å². The van der Waals surface area contributed by atoms with E-state index >= 15 is 0 Å². The van der Waals surface area contributed by atoms with E-state index in [9.17, 15) is 0 Å². The van der Waals surface area contributed by atoms with Crippen LogP contribution in [0.4, 0.5) is 0 Å². The molecule has 2 nitrogen and oxygen atoms in total. The lowest BCUT2D eigenvalue weighted by Crippen LogP contribution is -2.25. The summed E-state index contributed by atoms with van der Waals surface area (Å²) in [4.78, 5) is 0. The first-order valence-electron chi connectivity index (χ1n) is 7.90. The third kappa shape index (κ3) is 4.75. The van der Waals surface area contributed by atoms with Crippen LogP contribution in [0, 0.1) is 0 Å². The van der Waals surface area contributed by atoms with E-state index in [1.807, 2.05) is 24.3 Å². The maximum absolute atomic E-state index is 6.00. The van der Waals surface area contributed by atoms with Gasteiger partial charge in [0, 0.05) is 18.2 Å². The molecule has 2 aromatic carbocycles. The van der Waals surface area contributed by atoms with Gasteiger partial charge in [0.1, 0.15) is 12.4 Å². The molecule has 0 bridgehead atoms. The second-order valence-electron chi connectivity index (χ2n) is 5.74. The zero-order chi connectivity index (χ0) is 14.3. The predicted octanol–water partition coefficient (Wildman–Crippen LogP) is 4.72. The highest BCUT2D eigenvalue weighted by Crippen LogP contribution is 2.22. The highest BCUT2D eigenvalue weighted by atomic mass is 35.5. The van der Waals surface area contributed by atoms with E-state index in [-0.39, 0.29) is 12.4 Å². The van der Waals surface area contributed by atoms with Crippen molar-refractivity contribution in [3.63, 3.8) is 0 Å². The number of hydrogen-bond acceptors (Lipinski definition) is 2. The summed E-state index contributed by atoms with van der Waals surface area (Å²) in [6.07, 6.45) is 5.35. The van der Waals surface area contributed by atoms with Crippen LogP contribution < -0.4 is 10.1 Å². The molecule has 2 aromatic rings. The van der Waals surface area contributed by atoms with Gasteiger partial charge in [0.25, 0.3) is 0 Å². The molecule has 1 saturated carbocycles. The fourth-order valence-corrected chi connectivity index (χ4v) is 2.91. The van der Waals surface area contributed by atoms with Crippen molar-refractivity contribution in [1.82, 2.24) is 5.32 Å². The minimum atomic E-state index is 0. The summed E-state index contributed by atoms with van der Waals surface area (Å²) in [7, 11) is 0. The molecule has 22 heavy (non-hydrogen) atoms. The zero-order valence-electron chi connectivity index (χ0n) is 12.8. The number of para-hydroxylation sites is 1. The van der Waals surface area contributed by atoms with Crippen LogP contribution in [0.15, 0.2) is 54.6 Å². The fraction of sp³-hybridized carbons (Fsp3) is 0.368. The first kappa shape index (κ1) is 16.9. The summed E-state index contributed by atoms with van der Waals surface area (Å²) in [6.45, 7) is 1.52. The molecular formula is C19H24ClNO. The van der Waals surface area contributed by atoms with Gasteiger partial charge >= 0.3 is 0 Å². The minimum Gasteiger partial charge on any atom is -0.489 e. The first-order valence-corrected chi connectivity index (χ1v) is 7.90. The number of ether oxygens (including phenoxy) is 1. The number of halogens is 1. The third-order valence-electron chi connectivity index (χ3n) is 4.15. The Bertz CT molecular complexity index is 552. The SMILES string of the molecule is Cl.c1ccc(COc2ccccc2CNC2CCCC2)cc1. The van der Waals surface area contributed by atoms with Gasteiger partial charge in [-0.2, -0.15) is 0 Å². The topological polar surface area (TPSA) is 21.3 Å². The Labute approximate surface area is 139 Å². The van der Waals surface area contributed by atoms with E-state index in [0.29, 0.717) is 12.6 Å². The van der Waals surface area contributed by atoms with Crippen LogP contribution in [0.5, 0.6) is 5.75 Å². The van der Waals surface area contributed by atoms with Crippen molar-refractivity contribution in [1.29, 1.82) is 0 Å². The fourth-order valence-electron chi connectivity index (χ4n) is 2.91. The summed E-state index contributed by atoms with van der Waals surface area (Å²) >= 11 is 0.